The van der Waals surface area contributed by atoms with Crippen molar-refractivity contribution in [3.63, 3.8) is 0 Å². The number of carbonyl (C=O) groups excluding carboxylic acids is 1. The van der Waals surface area contributed by atoms with Crippen molar-refractivity contribution in [1.82, 2.24) is 15.1 Å². The number of carbonyl (C=O) groups is 2. The van der Waals surface area contributed by atoms with E-state index < -0.39 is 23.7 Å². The molecule has 122 valence electrons. The van der Waals surface area contributed by atoms with Crippen LogP contribution in [0.25, 0.3) is 0 Å². The van der Waals surface area contributed by atoms with Gasteiger partial charge in [0.25, 0.3) is 5.91 Å². The van der Waals surface area contributed by atoms with E-state index in [1.165, 1.54) is 18.3 Å². The van der Waals surface area contributed by atoms with Gasteiger partial charge in [0.15, 0.2) is 0 Å². The smallest absolute Gasteiger partial charge is 0.305 e. The van der Waals surface area contributed by atoms with Crippen LogP contribution in [0.1, 0.15) is 35.3 Å². The Morgan fingerprint density at radius 2 is 2.22 bits per heavy atom. The molecule has 1 heterocycles. The van der Waals surface area contributed by atoms with Crippen molar-refractivity contribution in [2.24, 2.45) is 0 Å². The predicted octanol–water partition coefficient (Wildman–Crippen LogP) is 2.64. The van der Waals surface area contributed by atoms with E-state index in [0.29, 0.717) is 17.7 Å². The van der Waals surface area contributed by atoms with Gasteiger partial charge in [-0.15, -0.1) is 0 Å². The number of rotatable bonds is 6. The van der Waals surface area contributed by atoms with Crippen LogP contribution < -0.4 is 5.32 Å². The lowest BCUT2D eigenvalue weighted by molar-refractivity contribution is -0.137. The second-order valence-electron chi connectivity index (χ2n) is 4.88. The number of halogens is 2. The highest BCUT2D eigenvalue weighted by atomic mass is 35.5. The molecule has 0 bridgehead atoms. The summed E-state index contributed by atoms with van der Waals surface area (Å²) >= 11 is 5.62. The summed E-state index contributed by atoms with van der Waals surface area (Å²) in [5.41, 5.74) is 0.627. The summed E-state index contributed by atoms with van der Waals surface area (Å²) < 4.78 is 15.2. The van der Waals surface area contributed by atoms with Crippen molar-refractivity contribution in [1.29, 1.82) is 0 Å². The molecule has 8 heteroatoms. The van der Waals surface area contributed by atoms with Gasteiger partial charge < -0.3 is 10.4 Å². The monoisotopic (exact) mass is 339 g/mol. The molecule has 0 radical (unpaired) electrons. The summed E-state index contributed by atoms with van der Waals surface area (Å²) in [5, 5.41) is 15.5. The zero-order valence-corrected chi connectivity index (χ0v) is 13.0. The van der Waals surface area contributed by atoms with E-state index >= 15 is 0 Å². The van der Waals surface area contributed by atoms with E-state index in [2.05, 4.69) is 10.4 Å². The van der Waals surface area contributed by atoms with Crippen LogP contribution in [0.4, 0.5) is 4.39 Å². The average molecular weight is 340 g/mol. The van der Waals surface area contributed by atoms with Gasteiger partial charge in [0, 0.05) is 12.7 Å². The highest BCUT2D eigenvalue weighted by Gasteiger charge is 2.20. The fourth-order valence-corrected chi connectivity index (χ4v) is 2.17. The predicted molar refractivity (Wildman–Crippen MR) is 81.8 cm³/mol. The third-order valence-electron chi connectivity index (χ3n) is 3.25. The fraction of sp³-hybridized carbons (Fsp3) is 0.267. The van der Waals surface area contributed by atoms with Gasteiger partial charge in [0.2, 0.25) is 0 Å². The van der Waals surface area contributed by atoms with Crippen LogP contribution in [0.5, 0.6) is 0 Å². The number of aliphatic carboxylic acids is 1. The van der Waals surface area contributed by atoms with Gasteiger partial charge in [-0.25, -0.2) is 4.39 Å². The lowest BCUT2D eigenvalue weighted by atomic mass is 10.0. The minimum Gasteiger partial charge on any atom is -0.481 e. The molecule has 0 fully saturated rings. The molecule has 1 aromatic heterocycles. The average Bonchev–Trinajstić information content (AvgIpc) is 2.98. The molecular weight excluding hydrogens is 325 g/mol. The van der Waals surface area contributed by atoms with Crippen LogP contribution in [-0.4, -0.2) is 26.8 Å². The van der Waals surface area contributed by atoms with Gasteiger partial charge in [-0.05, 0) is 24.6 Å². The lowest BCUT2D eigenvalue weighted by Gasteiger charge is -2.17. The maximum Gasteiger partial charge on any atom is 0.305 e. The number of amides is 1. The van der Waals surface area contributed by atoms with Crippen LogP contribution in [0.3, 0.4) is 0 Å². The number of hydrogen-bond acceptors (Lipinski definition) is 3. The van der Waals surface area contributed by atoms with Gasteiger partial charge in [0.1, 0.15) is 5.82 Å². The maximum atomic E-state index is 13.6. The molecule has 0 saturated heterocycles. The Morgan fingerprint density at radius 3 is 2.78 bits per heavy atom. The standard InChI is InChI=1S/C15H15ClFN3O3/c1-2-20-8-10(7-18-20)15(23)19-13(6-14(21)22)9-3-4-11(16)12(17)5-9/h3-5,7-8,13H,2,6H2,1H3,(H,19,23)(H,21,22)/t13-/m1/s1. The zero-order chi connectivity index (χ0) is 17.0. The maximum absolute atomic E-state index is 13.6. The third-order valence-corrected chi connectivity index (χ3v) is 3.56. The van der Waals surface area contributed by atoms with Crippen LogP contribution in [0, 0.1) is 5.82 Å². The molecule has 2 N–H and O–H groups in total. The largest absolute Gasteiger partial charge is 0.481 e. The van der Waals surface area contributed by atoms with E-state index in [-0.39, 0.29) is 11.4 Å². The molecule has 1 aromatic carbocycles. The van der Waals surface area contributed by atoms with Crippen LogP contribution >= 0.6 is 11.6 Å². The Bertz CT molecular complexity index is 733. The Labute approximate surface area is 136 Å². The number of nitrogens with zero attached hydrogens (tertiary/aromatic N) is 2. The first-order valence-corrected chi connectivity index (χ1v) is 7.28. The van der Waals surface area contributed by atoms with Crippen molar-refractivity contribution in [2.75, 3.05) is 0 Å². The molecule has 0 saturated carbocycles. The summed E-state index contributed by atoms with van der Waals surface area (Å²) in [6, 6.07) is 3.04. The van der Waals surface area contributed by atoms with Crippen molar-refractivity contribution in [3.8, 4) is 0 Å². The number of carboxylic acid groups (broad SMARTS) is 1. The minimum atomic E-state index is -1.12. The van der Waals surface area contributed by atoms with E-state index in [0.717, 1.165) is 6.07 Å². The SMILES string of the molecule is CCn1cc(C(=O)N[C@H](CC(=O)O)c2ccc(Cl)c(F)c2)cn1. The molecule has 0 unspecified atom stereocenters. The second-order valence-corrected chi connectivity index (χ2v) is 5.29. The zero-order valence-electron chi connectivity index (χ0n) is 12.3. The summed E-state index contributed by atoms with van der Waals surface area (Å²) in [6.07, 6.45) is 2.56. The minimum absolute atomic E-state index is 0.0710. The Hall–Kier alpha value is -2.41. The van der Waals surface area contributed by atoms with Crippen molar-refractivity contribution >= 4 is 23.5 Å². The van der Waals surface area contributed by atoms with Crippen LogP contribution in [0.2, 0.25) is 5.02 Å². The second kappa shape index (κ2) is 7.23. The molecule has 0 aliphatic heterocycles. The van der Waals surface area contributed by atoms with Crippen molar-refractivity contribution in [2.45, 2.75) is 25.9 Å². The quantitative estimate of drug-likeness (QED) is 0.847. The number of benzene rings is 1. The first-order chi connectivity index (χ1) is 10.9. The number of aromatic nitrogens is 2. The first-order valence-electron chi connectivity index (χ1n) is 6.90. The van der Waals surface area contributed by atoms with Gasteiger partial charge >= 0.3 is 5.97 Å². The molecule has 1 atom stereocenters. The van der Waals surface area contributed by atoms with Crippen molar-refractivity contribution in [3.05, 3.63) is 52.6 Å². The number of aryl methyl sites for hydroxylation is 1. The summed E-state index contributed by atoms with van der Waals surface area (Å²) in [5.74, 6) is -2.27. The molecule has 23 heavy (non-hydrogen) atoms. The molecule has 2 aromatic rings. The van der Waals surface area contributed by atoms with Gasteiger partial charge in [-0.2, -0.15) is 5.10 Å². The first kappa shape index (κ1) is 17.0. The summed E-state index contributed by atoms with van der Waals surface area (Å²) in [6.45, 7) is 2.48. The molecule has 0 spiro atoms. The highest BCUT2D eigenvalue weighted by molar-refractivity contribution is 6.30. The molecule has 1 amide bonds. The normalized spacial score (nSPS) is 12.0. The lowest BCUT2D eigenvalue weighted by Crippen LogP contribution is -2.30. The molecule has 0 aliphatic rings. The topological polar surface area (TPSA) is 84.2 Å². The third kappa shape index (κ3) is 4.29. The number of carboxylic acids is 1. The van der Waals surface area contributed by atoms with Gasteiger partial charge in [0.05, 0.1) is 29.2 Å². The summed E-state index contributed by atoms with van der Waals surface area (Å²) in [4.78, 5) is 23.2. The highest BCUT2D eigenvalue weighted by Crippen LogP contribution is 2.23. The number of nitrogens with one attached hydrogen (secondary N) is 1. The Kier molecular flexibility index (Phi) is 5.33. The fourth-order valence-electron chi connectivity index (χ4n) is 2.05. The van der Waals surface area contributed by atoms with E-state index in [9.17, 15) is 14.0 Å². The van der Waals surface area contributed by atoms with E-state index in [1.807, 2.05) is 6.92 Å². The van der Waals surface area contributed by atoms with Gasteiger partial charge in [-0.1, -0.05) is 17.7 Å². The molecule has 6 nitrogen and oxygen atoms in total. The summed E-state index contributed by atoms with van der Waals surface area (Å²) in [7, 11) is 0. The Balaban J connectivity index is 2.22. The van der Waals surface area contributed by atoms with Crippen LogP contribution in [-0.2, 0) is 11.3 Å². The Morgan fingerprint density at radius 1 is 1.48 bits per heavy atom. The van der Waals surface area contributed by atoms with E-state index in [1.54, 1.807) is 10.9 Å². The van der Waals surface area contributed by atoms with Gasteiger partial charge in [-0.3, -0.25) is 14.3 Å². The number of hydrogen-bond donors (Lipinski definition) is 2. The molecular formula is C15H15ClFN3O3. The van der Waals surface area contributed by atoms with E-state index in [4.69, 9.17) is 16.7 Å². The van der Waals surface area contributed by atoms with Crippen LogP contribution in [0.15, 0.2) is 30.6 Å². The molecule has 2 rings (SSSR count). The van der Waals surface area contributed by atoms with Crippen molar-refractivity contribution < 1.29 is 19.1 Å². The molecule has 0 aliphatic carbocycles.